The van der Waals surface area contributed by atoms with Crippen molar-refractivity contribution in [2.45, 2.75) is 32.2 Å². The number of nitrogens with zero attached hydrogens (tertiary/aromatic N) is 1. The van der Waals surface area contributed by atoms with Gasteiger partial charge in [-0.15, -0.1) is 0 Å². The SMILES string of the molecule is CCOc1ccc(/C=C2/SC(=S)N(CCC(=O)NC(CCC(N)=O)C(=O)O)C2=O)cc1OC. The number of rotatable bonds is 12. The average Bonchev–Trinajstić information content (AvgIpc) is 3.02. The summed E-state index contributed by atoms with van der Waals surface area (Å²) in [4.78, 5) is 48.8. The summed E-state index contributed by atoms with van der Waals surface area (Å²) in [7, 11) is 1.52. The smallest absolute Gasteiger partial charge is 0.326 e. The predicted molar refractivity (Wildman–Crippen MR) is 127 cm³/mol. The highest BCUT2D eigenvalue weighted by molar-refractivity contribution is 8.26. The number of aliphatic carboxylic acids is 1. The van der Waals surface area contributed by atoms with E-state index < -0.39 is 23.8 Å². The van der Waals surface area contributed by atoms with Crippen LogP contribution >= 0.6 is 24.0 Å². The van der Waals surface area contributed by atoms with E-state index in [4.69, 9.17) is 27.4 Å². The number of primary amides is 1. The Morgan fingerprint density at radius 2 is 2.03 bits per heavy atom. The number of amides is 3. The second-order valence-electron chi connectivity index (χ2n) is 6.89. The molecule has 1 aromatic rings. The van der Waals surface area contributed by atoms with Gasteiger partial charge in [0.1, 0.15) is 10.4 Å². The van der Waals surface area contributed by atoms with Gasteiger partial charge in [-0.25, -0.2) is 4.79 Å². The first-order valence-corrected chi connectivity index (χ1v) is 11.2. The molecule has 12 heteroatoms. The van der Waals surface area contributed by atoms with E-state index in [-0.39, 0.29) is 31.7 Å². The fourth-order valence-corrected chi connectivity index (χ4v) is 4.23. The fourth-order valence-electron chi connectivity index (χ4n) is 2.92. The van der Waals surface area contributed by atoms with Crippen molar-refractivity contribution in [2.75, 3.05) is 20.3 Å². The van der Waals surface area contributed by atoms with Crippen LogP contribution in [-0.2, 0) is 19.2 Å². The van der Waals surface area contributed by atoms with Crippen LogP contribution in [0.1, 0.15) is 31.7 Å². The molecule has 0 aromatic heterocycles. The van der Waals surface area contributed by atoms with E-state index in [0.29, 0.717) is 32.9 Å². The van der Waals surface area contributed by atoms with Crippen molar-refractivity contribution < 1.29 is 33.8 Å². The standard InChI is InChI=1S/C21H25N3O7S2/c1-3-31-14-6-4-12(10-15(14)30-2)11-16-19(27)24(21(32)33-16)9-8-18(26)23-13(20(28)29)5-7-17(22)25/h4,6,10-11,13H,3,5,7-9H2,1-2H3,(H2,22,25)(H,23,26)(H,28,29)/b16-11+. The Kier molecular flexibility index (Phi) is 9.67. The van der Waals surface area contributed by atoms with Gasteiger partial charge >= 0.3 is 5.97 Å². The van der Waals surface area contributed by atoms with Crippen molar-refractivity contribution in [3.8, 4) is 11.5 Å². The molecule has 0 spiro atoms. The minimum absolute atomic E-state index is 0.0113. The molecule has 1 fully saturated rings. The zero-order chi connectivity index (χ0) is 24.5. The Bertz CT molecular complexity index is 981. The average molecular weight is 496 g/mol. The van der Waals surface area contributed by atoms with Gasteiger partial charge in [0.2, 0.25) is 11.8 Å². The van der Waals surface area contributed by atoms with Crippen LogP contribution in [0.4, 0.5) is 0 Å². The molecule has 1 saturated heterocycles. The van der Waals surface area contributed by atoms with E-state index >= 15 is 0 Å². The fraction of sp³-hybridized carbons (Fsp3) is 0.381. The number of hydrogen-bond donors (Lipinski definition) is 3. The molecular weight excluding hydrogens is 470 g/mol. The number of methoxy groups -OCH3 is 1. The van der Waals surface area contributed by atoms with Crippen LogP contribution in [0.5, 0.6) is 11.5 Å². The van der Waals surface area contributed by atoms with Gasteiger partial charge < -0.3 is 25.6 Å². The van der Waals surface area contributed by atoms with Gasteiger partial charge in [-0.1, -0.05) is 30.0 Å². The Hall–Kier alpha value is -3.12. The second kappa shape index (κ2) is 12.2. The monoisotopic (exact) mass is 495 g/mol. The maximum atomic E-state index is 12.8. The minimum Gasteiger partial charge on any atom is -0.493 e. The van der Waals surface area contributed by atoms with Crippen LogP contribution in [0.3, 0.4) is 0 Å². The number of benzene rings is 1. The molecule has 10 nitrogen and oxygen atoms in total. The minimum atomic E-state index is -1.27. The molecule has 1 atom stereocenters. The number of carboxylic acid groups (broad SMARTS) is 1. The number of hydrogen-bond acceptors (Lipinski definition) is 8. The third kappa shape index (κ3) is 7.46. The molecule has 3 amide bonds. The lowest BCUT2D eigenvalue weighted by molar-refractivity contribution is -0.142. The zero-order valence-corrected chi connectivity index (χ0v) is 19.8. The number of carbonyl (C=O) groups is 4. The summed E-state index contributed by atoms with van der Waals surface area (Å²) in [6.45, 7) is 2.34. The third-order valence-corrected chi connectivity index (χ3v) is 5.91. The summed E-state index contributed by atoms with van der Waals surface area (Å²) < 4.78 is 11.1. The van der Waals surface area contributed by atoms with Crippen LogP contribution in [0.2, 0.25) is 0 Å². The maximum absolute atomic E-state index is 12.8. The molecule has 0 bridgehead atoms. The lowest BCUT2D eigenvalue weighted by Crippen LogP contribution is -2.42. The largest absolute Gasteiger partial charge is 0.493 e. The van der Waals surface area contributed by atoms with E-state index in [2.05, 4.69) is 5.32 Å². The van der Waals surface area contributed by atoms with E-state index in [1.165, 1.54) is 12.0 Å². The lowest BCUT2D eigenvalue weighted by atomic mass is 10.1. The second-order valence-corrected chi connectivity index (χ2v) is 8.57. The highest BCUT2D eigenvalue weighted by Gasteiger charge is 2.32. The predicted octanol–water partition coefficient (Wildman–Crippen LogP) is 1.52. The quantitative estimate of drug-likeness (QED) is 0.290. The topological polar surface area (TPSA) is 148 Å². The highest BCUT2D eigenvalue weighted by atomic mass is 32.2. The molecule has 0 saturated carbocycles. The zero-order valence-electron chi connectivity index (χ0n) is 18.2. The van der Waals surface area contributed by atoms with Gasteiger partial charge in [-0.2, -0.15) is 0 Å². The summed E-state index contributed by atoms with van der Waals surface area (Å²) in [6.07, 6.45) is 1.22. The van der Waals surface area contributed by atoms with Crippen LogP contribution in [0, 0.1) is 0 Å². The number of nitrogens with two attached hydrogens (primary N) is 1. The number of nitrogens with one attached hydrogen (secondary N) is 1. The molecule has 1 aromatic carbocycles. The van der Waals surface area contributed by atoms with Gasteiger partial charge in [0.05, 0.1) is 18.6 Å². The van der Waals surface area contributed by atoms with Gasteiger partial charge in [0, 0.05) is 19.4 Å². The van der Waals surface area contributed by atoms with Gasteiger partial charge in [-0.05, 0) is 37.1 Å². The molecule has 1 aliphatic rings. The summed E-state index contributed by atoms with van der Waals surface area (Å²) in [6, 6.07) is 4.02. The molecule has 0 aliphatic carbocycles. The van der Waals surface area contributed by atoms with E-state index in [9.17, 15) is 24.3 Å². The Balaban J connectivity index is 2.01. The van der Waals surface area contributed by atoms with E-state index in [1.807, 2.05) is 6.92 Å². The van der Waals surface area contributed by atoms with Gasteiger partial charge in [0.15, 0.2) is 11.5 Å². The Morgan fingerprint density at radius 3 is 2.64 bits per heavy atom. The molecule has 1 aliphatic heterocycles. The first-order valence-electron chi connectivity index (χ1n) is 10.0. The van der Waals surface area contributed by atoms with Crippen LogP contribution < -0.4 is 20.5 Å². The summed E-state index contributed by atoms with van der Waals surface area (Å²) in [5.41, 5.74) is 5.74. The number of thioether (sulfide) groups is 1. The summed E-state index contributed by atoms with van der Waals surface area (Å²) in [5, 5.41) is 11.5. The van der Waals surface area contributed by atoms with Crippen molar-refractivity contribution in [1.29, 1.82) is 0 Å². The Labute approximate surface area is 200 Å². The number of ether oxygens (including phenoxy) is 2. The summed E-state index contributed by atoms with van der Waals surface area (Å²) >= 11 is 6.38. The normalized spacial score (nSPS) is 15.5. The molecule has 1 heterocycles. The van der Waals surface area contributed by atoms with Crippen LogP contribution in [0.15, 0.2) is 23.1 Å². The maximum Gasteiger partial charge on any atom is 0.326 e. The van der Waals surface area contributed by atoms with Gasteiger partial charge in [-0.3, -0.25) is 19.3 Å². The molecule has 2 rings (SSSR count). The van der Waals surface area contributed by atoms with Crippen molar-refractivity contribution in [1.82, 2.24) is 10.2 Å². The third-order valence-electron chi connectivity index (χ3n) is 4.53. The summed E-state index contributed by atoms with van der Waals surface area (Å²) in [5.74, 6) is -1.75. The van der Waals surface area contributed by atoms with Crippen LogP contribution in [0.25, 0.3) is 6.08 Å². The first-order chi connectivity index (χ1) is 15.7. The number of carboxylic acids is 1. The van der Waals surface area contributed by atoms with Crippen molar-refractivity contribution in [3.05, 3.63) is 28.7 Å². The van der Waals surface area contributed by atoms with Crippen molar-refractivity contribution >= 4 is 58.1 Å². The molecule has 33 heavy (non-hydrogen) atoms. The van der Waals surface area contributed by atoms with Crippen molar-refractivity contribution in [3.63, 3.8) is 0 Å². The van der Waals surface area contributed by atoms with Gasteiger partial charge in [0.25, 0.3) is 5.91 Å². The molecule has 178 valence electrons. The number of carbonyl (C=O) groups excluding carboxylic acids is 3. The van der Waals surface area contributed by atoms with E-state index in [1.54, 1.807) is 24.3 Å². The molecule has 4 N–H and O–H groups in total. The highest BCUT2D eigenvalue weighted by Crippen LogP contribution is 2.34. The lowest BCUT2D eigenvalue weighted by Gasteiger charge is -2.16. The van der Waals surface area contributed by atoms with Crippen molar-refractivity contribution in [2.24, 2.45) is 5.73 Å². The molecular formula is C21H25N3O7S2. The number of thiocarbonyl (C=S) groups is 1. The first kappa shape index (κ1) is 26.1. The van der Waals surface area contributed by atoms with E-state index in [0.717, 1.165) is 11.8 Å². The molecule has 1 unspecified atom stereocenters. The van der Waals surface area contributed by atoms with Crippen LogP contribution in [-0.4, -0.2) is 64.3 Å². The molecule has 0 radical (unpaired) electrons. The Morgan fingerprint density at radius 1 is 1.30 bits per heavy atom.